The summed E-state index contributed by atoms with van der Waals surface area (Å²) in [5.74, 6) is -0.571. The summed E-state index contributed by atoms with van der Waals surface area (Å²) in [5, 5.41) is 4.92. The molecule has 1 aliphatic rings. The summed E-state index contributed by atoms with van der Waals surface area (Å²) >= 11 is 1.65. The van der Waals surface area contributed by atoms with Gasteiger partial charge >= 0.3 is 6.36 Å². The van der Waals surface area contributed by atoms with E-state index in [0.717, 1.165) is 13.1 Å². The SMILES string of the molecule is O=C(C=Cc1ccc(OC(F)(F)F)cc1)NCC(c1cccs1)N1CCOCC1. The maximum atomic E-state index is 12.2. The number of thiophene rings is 1. The van der Waals surface area contributed by atoms with Gasteiger partial charge in [-0.2, -0.15) is 0 Å². The Kier molecular flexibility index (Phi) is 7.29. The fraction of sp³-hybridized carbons (Fsp3) is 0.350. The number of rotatable bonds is 7. The van der Waals surface area contributed by atoms with Gasteiger partial charge in [0.25, 0.3) is 0 Å². The molecular formula is C20H21F3N2O3S. The van der Waals surface area contributed by atoms with Gasteiger partial charge in [-0.15, -0.1) is 24.5 Å². The van der Waals surface area contributed by atoms with Crippen molar-refractivity contribution in [3.05, 3.63) is 58.3 Å². The van der Waals surface area contributed by atoms with E-state index >= 15 is 0 Å². The molecule has 0 aliphatic carbocycles. The summed E-state index contributed by atoms with van der Waals surface area (Å²) in [6, 6.07) is 9.43. The van der Waals surface area contributed by atoms with E-state index in [9.17, 15) is 18.0 Å². The van der Waals surface area contributed by atoms with Gasteiger partial charge in [0.05, 0.1) is 19.3 Å². The zero-order valence-corrected chi connectivity index (χ0v) is 16.3. The highest BCUT2D eigenvalue weighted by Crippen LogP contribution is 2.25. The van der Waals surface area contributed by atoms with Gasteiger partial charge < -0.3 is 14.8 Å². The van der Waals surface area contributed by atoms with E-state index in [0.29, 0.717) is 25.3 Å². The second-order valence-corrected chi connectivity index (χ2v) is 7.35. The van der Waals surface area contributed by atoms with E-state index in [-0.39, 0.29) is 17.7 Å². The van der Waals surface area contributed by atoms with Gasteiger partial charge in [0.15, 0.2) is 0 Å². The van der Waals surface area contributed by atoms with Crippen molar-refractivity contribution in [3.63, 3.8) is 0 Å². The molecule has 1 N–H and O–H groups in total. The fourth-order valence-corrected chi connectivity index (χ4v) is 3.85. The number of nitrogens with zero attached hydrogens (tertiary/aromatic N) is 1. The highest BCUT2D eigenvalue weighted by atomic mass is 32.1. The summed E-state index contributed by atoms with van der Waals surface area (Å²) in [4.78, 5) is 15.7. The molecule has 0 saturated carbocycles. The van der Waals surface area contributed by atoms with Crippen molar-refractivity contribution >= 4 is 23.3 Å². The highest BCUT2D eigenvalue weighted by Gasteiger charge is 2.30. The minimum absolute atomic E-state index is 0.0788. The number of hydrogen-bond donors (Lipinski definition) is 1. The first-order valence-electron chi connectivity index (χ1n) is 9.08. The lowest BCUT2D eigenvalue weighted by Gasteiger charge is -2.34. The Balaban J connectivity index is 1.55. The molecule has 1 saturated heterocycles. The molecule has 1 amide bonds. The second-order valence-electron chi connectivity index (χ2n) is 6.37. The van der Waals surface area contributed by atoms with Gasteiger partial charge in [-0.3, -0.25) is 9.69 Å². The largest absolute Gasteiger partial charge is 0.573 e. The van der Waals surface area contributed by atoms with Crippen LogP contribution in [-0.4, -0.2) is 50.0 Å². The van der Waals surface area contributed by atoms with Crippen LogP contribution in [0.5, 0.6) is 5.75 Å². The second kappa shape index (κ2) is 9.91. The van der Waals surface area contributed by atoms with Gasteiger partial charge in [-0.1, -0.05) is 18.2 Å². The van der Waals surface area contributed by atoms with E-state index < -0.39 is 6.36 Å². The predicted molar refractivity (Wildman–Crippen MR) is 105 cm³/mol. The molecule has 0 bridgehead atoms. The maximum Gasteiger partial charge on any atom is 0.573 e. The lowest BCUT2D eigenvalue weighted by molar-refractivity contribution is -0.274. The van der Waals surface area contributed by atoms with Crippen molar-refractivity contribution in [3.8, 4) is 5.75 Å². The number of morpholine rings is 1. The number of amides is 1. The van der Waals surface area contributed by atoms with Crippen LogP contribution in [0, 0.1) is 0 Å². The third kappa shape index (κ3) is 6.88. The normalized spacial score (nSPS) is 16.7. The molecule has 1 aromatic carbocycles. The molecule has 156 valence electrons. The van der Waals surface area contributed by atoms with Crippen LogP contribution in [0.15, 0.2) is 47.9 Å². The van der Waals surface area contributed by atoms with Gasteiger partial charge in [0.2, 0.25) is 5.91 Å². The summed E-state index contributed by atoms with van der Waals surface area (Å²) in [6.07, 6.45) is -1.82. The summed E-state index contributed by atoms with van der Waals surface area (Å²) in [5.41, 5.74) is 0.595. The minimum atomic E-state index is -4.73. The molecule has 3 rings (SSSR count). The molecule has 1 aliphatic heterocycles. The van der Waals surface area contributed by atoms with Crippen molar-refractivity contribution in [2.75, 3.05) is 32.8 Å². The molecule has 29 heavy (non-hydrogen) atoms. The van der Waals surface area contributed by atoms with Crippen molar-refractivity contribution in [2.24, 2.45) is 0 Å². The zero-order valence-electron chi connectivity index (χ0n) is 15.5. The fourth-order valence-electron chi connectivity index (χ4n) is 2.99. The Morgan fingerprint density at radius 1 is 1.24 bits per heavy atom. The van der Waals surface area contributed by atoms with Crippen molar-refractivity contribution in [1.29, 1.82) is 0 Å². The first kappa shape index (κ1) is 21.4. The lowest BCUT2D eigenvalue weighted by atomic mass is 10.1. The smallest absolute Gasteiger partial charge is 0.406 e. The van der Waals surface area contributed by atoms with Gasteiger partial charge in [0.1, 0.15) is 5.75 Å². The number of nitrogens with one attached hydrogen (secondary N) is 1. The minimum Gasteiger partial charge on any atom is -0.406 e. The summed E-state index contributed by atoms with van der Waals surface area (Å²) < 4.78 is 45.8. The molecule has 1 fully saturated rings. The van der Waals surface area contributed by atoms with Crippen LogP contribution in [0.25, 0.3) is 6.08 Å². The van der Waals surface area contributed by atoms with E-state index in [2.05, 4.69) is 21.0 Å². The Labute approximate surface area is 170 Å². The molecule has 1 atom stereocenters. The first-order chi connectivity index (χ1) is 13.9. The van der Waals surface area contributed by atoms with Crippen molar-refractivity contribution in [1.82, 2.24) is 10.2 Å². The third-order valence-electron chi connectivity index (χ3n) is 4.37. The number of halogens is 3. The van der Waals surface area contributed by atoms with Crippen LogP contribution in [0.4, 0.5) is 13.2 Å². The Morgan fingerprint density at radius 2 is 1.97 bits per heavy atom. The number of carbonyl (C=O) groups excluding carboxylic acids is 1. The monoisotopic (exact) mass is 426 g/mol. The number of ether oxygens (including phenoxy) is 2. The molecule has 5 nitrogen and oxygen atoms in total. The molecule has 2 aromatic rings. The van der Waals surface area contributed by atoms with Gasteiger partial charge in [0, 0.05) is 30.6 Å². The van der Waals surface area contributed by atoms with Gasteiger partial charge in [-0.05, 0) is 35.2 Å². The summed E-state index contributed by atoms with van der Waals surface area (Å²) in [6.45, 7) is 3.41. The van der Waals surface area contributed by atoms with Crippen LogP contribution in [-0.2, 0) is 9.53 Å². The van der Waals surface area contributed by atoms with Crippen molar-refractivity contribution in [2.45, 2.75) is 12.4 Å². The first-order valence-corrected chi connectivity index (χ1v) is 9.95. The van der Waals surface area contributed by atoms with E-state index in [4.69, 9.17) is 4.74 Å². The van der Waals surface area contributed by atoms with Crippen molar-refractivity contribution < 1.29 is 27.4 Å². The Bertz CT molecular complexity index is 801. The molecule has 2 heterocycles. The molecule has 1 unspecified atom stereocenters. The topological polar surface area (TPSA) is 50.8 Å². The Morgan fingerprint density at radius 3 is 2.59 bits per heavy atom. The zero-order chi connectivity index (χ0) is 20.7. The van der Waals surface area contributed by atoms with Gasteiger partial charge in [-0.25, -0.2) is 0 Å². The number of carbonyl (C=O) groups is 1. The van der Waals surface area contributed by atoms with Crippen LogP contribution in [0.3, 0.4) is 0 Å². The van der Waals surface area contributed by atoms with Crippen LogP contribution >= 0.6 is 11.3 Å². The van der Waals surface area contributed by atoms with Crippen LogP contribution < -0.4 is 10.1 Å². The number of benzene rings is 1. The molecule has 9 heteroatoms. The quantitative estimate of drug-likeness (QED) is 0.684. The average Bonchev–Trinajstić information content (AvgIpc) is 3.22. The van der Waals surface area contributed by atoms with Crippen LogP contribution in [0.1, 0.15) is 16.5 Å². The highest BCUT2D eigenvalue weighted by molar-refractivity contribution is 7.10. The third-order valence-corrected chi connectivity index (χ3v) is 5.34. The molecule has 0 radical (unpaired) electrons. The number of alkyl halides is 3. The van der Waals surface area contributed by atoms with E-state index in [1.807, 2.05) is 11.4 Å². The number of hydrogen-bond acceptors (Lipinski definition) is 5. The van der Waals surface area contributed by atoms with Crippen LogP contribution in [0.2, 0.25) is 0 Å². The van der Waals surface area contributed by atoms with E-state index in [1.165, 1.54) is 35.2 Å². The molecular weight excluding hydrogens is 405 g/mol. The molecule has 0 spiro atoms. The molecule has 1 aromatic heterocycles. The lowest BCUT2D eigenvalue weighted by Crippen LogP contribution is -2.43. The van der Waals surface area contributed by atoms with E-state index in [1.54, 1.807) is 17.4 Å². The average molecular weight is 426 g/mol. The predicted octanol–water partition coefficient (Wildman–Crippen LogP) is 3.85. The summed E-state index contributed by atoms with van der Waals surface area (Å²) in [7, 11) is 0. The maximum absolute atomic E-state index is 12.2. The standard InChI is InChI=1S/C20H21F3N2O3S/c21-20(22,23)28-16-6-3-15(4-7-16)5-8-19(26)24-14-17(18-2-1-13-29-18)25-9-11-27-12-10-25/h1-8,13,17H,9-12,14H2,(H,24,26). The Hall–Kier alpha value is -2.36.